The zero-order valence-electron chi connectivity index (χ0n) is 17.1. The second-order valence-electron chi connectivity index (χ2n) is 8.40. The number of aromatic amines is 2. The maximum absolute atomic E-state index is 13.3. The number of hydrogen-bond acceptors (Lipinski definition) is 5. The van der Waals surface area contributed by atoms with E-state index in [1.54, 1.807) is 21.9 Å². The molecule has 0 bridgehead atoms. The lowest BCUT2D eigenvalue weighted by molar-refractivity contribution is 0.108. The van der Waals surface area contributed by atoms with Crippen molar-refractivity contribution in [1.82, 2.24) is 29.3 Å². The zero-order valence-corrected chi connectivity index (χ0v) is 17.1. The molecule has 0 saturated carbocycles. The first-order valence-electron chi connectivity index (χ1n) is 10.5. The number of aromatic nitrogens is 4. The standard InChI is InChI=1S/C21H22N8O2/c1-12-5-7-27(21(31)28-13(8-22)2-3-14(28)9-23)11-17(12)29-18-15-4-6-24-19(15)25-10-16(18)26-20(29)30/h4,6,10,12-14,17H,2-3,5,7,11H2,1H3,(H,24,25)(H,26,30)/t12-,13-,14+,17+/m1/s1. The van der Waals surface area contributed by atoms with Crippen molar-refractivity contribution in [2.24, 2.45) is 5.92 Å². The molecule has 0 unspecified atom stereocenters. The Labute approximate surface area is 177 Å². The van der Waals surface area contributed by atoms with Crippen molar-refractivity contribution in [3.8, 4) is 12.1 Å². The van der Waals surface area contributed by atoms with E-state index in [0.717, 1.165) is 17.3 Å². The number of amides is 2. The fraction of sp³-hybridized carbons (Fsp3) is 0.476. The molecular formula is C21H22N8O2. The summed E-state index contributed by atoms with van der Waals surface area (Å²) >= 11 is 0. The summed E-state index contributed by atoms with van der Waals surface area (Å²) in [6.07, 6.45) is 5.17. The topological polar surface area (TPSA) is 138 Å². The number of fused-ring (bicyclic) bond motifs is 3. The van der Waals surface area contributed by atoms with Gasteiger partial charge in [-0.3, -0.25) is 9.47 Å². The van der Waals surface area contributed by atoms with Crippen molar-refractivity contribution in [1.29, 1.82) is 10.5 Å². The first-order chi connectivity index (χ1) is 15.0. The van der Waals surface area contributed by atoms with Crippen LogP contribution in [0.3, 0.4) is 0 Å². The number of carbonyl (C=O) groups is 1. The number of nitrogens with one attached hydrogen (secondary N) is 2. The van der Waals surface area contributed by atoms with Gasteiger partial charge in [0.25, 0.3) is 0 Å². The van der Waals surface area contributed by atoms with Crippen LogP contribution < -0.4 is 5.69 Å². The molecule has 3 aromatic heterocycles. The highest BCUT2D eigenvalue weighted by molar-refractivity contribution is 6.01. The van der Waals surface area contributed by atoms with Gasteiger partial charge >= 0.3 is 11.7 Å². The molecule has 2 N–H and O–H groups in total. The molecule has 0 radical (unpaired) electrons. The predicted octanol–water partition coefficient (Wildman–Crippen LogP) is 2.09. The molecule has 10 nitrogen and oxygen atoms in total. The molecule has 5 heterocycles. The highest BCUT2D eigenvalue weighted by Crippen LogP contribution is 2.33. The Hall–Kier alpha value is -3.79. The fourth-order valence-electron chi connectivity index (χ4n) is 4.99. The van der Waals surface area contributed by atoms with E-state index in [4.69, 9.17) is 0 Å². The summed E-state index contributed by atoms with van der Waals surface area (Å²) in [6, 6.07) is 4.49. The summed E-state index contributed by atoms with van der Waals surface area (Å²) in [5, 5.41) is 19.7. The molecule has 0 spiro atoms. The smallest absolute Gasteiger partial charge is 0.326 e. The van der Waals surface area contributed by atoms with Gasteiger partial charge in [0.2, 0.25) is 0 Å². The monoisotopic (exact) mass is 418 g/mol. The summed E-state index contributed by atoms with van der Waals surface area (Å²) in [5.41, 5.74) is 1.89. The van der Waals surface area contributed by atoms with Crippen molar-refractivity contribution < 1.29 is 4.79 Å². The molecule has 0 aliphatic carbocycles. The molecule has 31 heavy (non-hydrogen) atoms. The number of nitrogens with zero attached hydrogens (tertiary/aromatic N) is 6. The van der Waals surface area contributed by atoms with Crippen LogP contribution in [0.4, 0.5) is 4.79 Å². The number of carbonyl (C=O) groups excluding carboxylic acids is 1. The van der Waals surface area contributed by atoms with Crippen LogP contribution in [-0.4, -0.2) is 60.5 Å². The zero-order chi connectivity index (χ0) is 21.7. The summed E-state index contributed by atoms with van der Waals surface area (Å²) < 4.78 is 1.74. The first-order valence-corrected chi connectivity index (χ1v) is 10.5. The molecular weight excluding hydrogens is 396 g/mol. The maximum atomic E-state index is 13.3. The van der Waals surface area contributed by atoms with Gasteiger partial charge in [-0.2, -0.15) is 10.5 Å². The molecule has 2 aliphatic heterocycles. The molecule has 2 saturated heterocycles. The Bertz CT molecular complexity index is 1280. The van der Waals surface area contributed by atoms with Crippen molar-refractivity contribution >= 4 is 28.1 Å². The minimum absolute atomic E-state index is 0.167. The summed E-state index contributed by atoms with van der Waals surface area (Å²) in [5.74, 6) is 0.167. The minimum atomic E-state index is -0.587. The number of H-pyrrole nitrogens is 2. The Morgan fingerprint density at radius 2 is 1.97 bits per heavy atom. The van der Waals surface area contributed by atoms with Crippen LogP contribution in [0.2, 0.25) is 0 Å². The second-order valence-corrected chi connectivity index (χ2v) is 8.40. The molecule has 3 aromatic rings. The average Bonchev–Trinajstić information content (AvgIpc) is 3.48. The lowest BCUT2D eigenvalue weighted by Gasteiger charge is -2.40. The van der Waals surface area contributed by atoms with E-state index >= 15 is 0 Å². The van der Waals surface area contributed by atoms with E-state index in [-0.39, 0.29) is 23.7 Å². The third kappa shape index (κ3) is 2.87. The normalized spacial score (nSPS) is 26.3. The van der Waals surface area contributed by atoms with E-state index in [9.17, 15) is 20.1 Å². The number of pyridine rings is 1. The van der Waals surface area contributed by atoms with Crippen LogP contribution in [0.1, 0.15) is 32.2 Å². The highest BCUT2D eigenvalue weighted by atomic mass is 16.2. The fourth-order valence-corrected chi connectivity index (χ4v) is 4.99. The van der Waals surface area contributed by atoms with Gasteiger partial charge in [-0.15, -0.1) is 0 Å². The number of hydrogen-bond donors (Lipinski definition) is 2. The molecule has 5 rings (SSSR count). The summed E-state index contributed by atoms with van der Waals surface area (Å²) in [7, 11) is 0. The van der Waals surface area contributed by atoms with E-state index in [1.807, 2.05) is 6.07 Å². The predicted molar refractivity (Wildman–Crippen MR) is 112 cm³/mol. The third-order valence-corrected chi connectivity index (χ3v) is 6.68. The largest absolute Gasteiger partial charge is 0.346 e. The van der Waals surface area contributed by atoms with Crippen molar-refractivity contribution in [3.63, 3.8) is 0 Å². The van der Waals surface area contributed by atoms with Crippen molar-refractivity contribution in [3.05, 3.63) is 28.9 Å². The molecule has 2 aliphatic rings. The molecule has 158 valence electrons. The lowest BCUT2D eigenvalue weighted by Crippen LogP contribution is -2.53. The highest BCUT2D eigenvalue weighted by Gasteiger charge is 2.41. The van der Waals surface area contributed by atoms with Crippen LogP contribution >= 0.6 is 0 Å². The number of imidazole rings is 1. The SMILES string of the molecule is C[C@@H]1CCN(C(=O)N2[C@H](C#N)CC[C@@H]2C#N)C[C@@H]1n1c(=O)[nH]c2cnc3[nH]ccc3c21. The van der Waals surface area contributed by atoms with Crippen LogP contribution in [-0.2, 0) is 0 Å². The number of piperidine rings is 1. The Balaban J connectivity index is 1.53. The van der Waals surface area contributed by atoms with Gasteiger partial charge in [0.15, 0.2) is 0 Å². The van der Waals surface area contributed by atoms with Gasteiger partial charge in [0.1, 0.15) is 17.7 Å². The van der Waals surface area contributed by atoms with Crippen LogP contribution in [0, 0.1) is 28.6 Å². The van der Waals surface area contributed by atoms with Crippen LogP contribution in [0.15, 0.2) is 23.3 Å². The molecule has 2 fully saturated rings. The average molecular weight is 418 g/mol. The van der Waals surface area contributed by atoms with Crippen LogP contribution in [0.25, 0.3) is 22.1 Å². The van der Waals surface area contributed by atoms with Gasteiger partial charge in [-0.1, -0.05) is 6.92 Å². The Kier molecular flexibility index (Phi) is 4.44. The molecule has 2 amide bonds. The Morgan fingerprint density at radius 3 is 2.68 bits per heavy atom. The lowest BCUT2D eigenvalue weighted by atomic mass is 9.93. The van der Waals surface area contributed by atoms with Gasteiger partial charge < -0.3 is 14.9 Å². The van der Waals surface area contributed by atoms with E-state index in [1.165, 1.54) is 4.90 Å². The van der Waals surface area contributed by atoms with Crippen LogP contribution in [0.5, 0.6) is 0 Å². The van der Waals surface area contributed by atoms with E-state index < -0.39 is 12.1 Å². The summed E-state index contributed by atoms with van der Waals surface area (Å²) in [4.78, 5) is 39.7. The van der Waals surface area contributed by atoms with E-state index in [2.05, 4.69) is 34.0 Å². The first kappa shape index (κ1) is 19.2. The quantitative estimate of drug-likeness (QED) is 0.623. The van der Waals surface area contributed by atoms with Crippen molar-refractivity contribution in [2.75, 3.05) is 13.1 Å². The number of rotatable bonds is 1. The van der Waals surface area contributed by atoms with Gasteiger partial charge in [-0.05, 0) is 31.2 Å². The Morgan fingerprint density at radius 1 is 1.23 bits per heavy atom. The molecule has 4 atom stereocenters. The van der Waals surface area contributed by atoms with E-state index in [0.29, 0.717) is 37.1 Å². The number of likely N-dealkylation sites (tertiary alicyclic amines) is 2. The number of nitriles is 2. The third-order valence-electron chi connectivity index (χ3n) is 6.68. The van der Waals surface area contributed by atoms with Gasteiger partial charge in [0, 0.05) is 24.7 Å². The van der Waals surface area contributed by atoms with Gasteiger partial charge in [-0.25, -0.2) is 14.6 Å². The maximum Gasteiger partial charge on any atom is 0.326 e. The summed E-state index contributed by atoms with van der Waals surface area (Å²) in [6.45, 7) is 2.95. The van der Waals surface area contributed by atoms with Gasteiger partial charge in [0.05, 0.1) is 35.4 Å². The molecule has 10 heteroatoms. The second kappa shape index (κ2) is 7.17. The number of urea groups is 1. The molecule has 0 aromatic carbocycles. The minimum Gasteiger partial charge on any atom is -0.346 e. The van der Waals surface area contributed by atoms with Crippen molar-refractivity contribution in [2.45, 2.75) is 44.3 Å².